The number of hydrogen-bond acceptors (Lipinski definition) is 4. The maximum absolute atomic E-state index is 11.5. The number of anilines is 1. The van der Waals surface area contributed by atoms with Gasteiger partial charge in [0, 0.05) is 16.7 Å². The zero-order valence-electron chi connectivity index (χ0n) is 9.77. The molecule has 2 aromatic rings. The van der Waals surface area contributed by atoms with E-state index >= 15 is 0 Å². The molecule has 0 radical (unpaired) electrons. The van der Waals surface area contributed by atoms with E-state index in [2.05, 4.69) is 32.7 Å². The summed E-state index contributed by atoms with van der Waals surface area (Å²) < 4.78 is 5.46. The van der Waals surface area contributed by atoms with Crippen molar-refractivity contribution in [2.75, 3.05) is 12.4 Å². The Labute approximate surface area is 118 Å². The van der Waals surface area contributed by atoms with E-state index < -0.39 is 0 Å². The number of halogens is 1. The van der Waals surface area contributed by atoms with E-state index in [-0.39, 0.29) is 5.97 Å². The highest BCUT2D eigenvalue weighted by atomic mass is 79.9. The van der Waals surface area contributed by atoms with Crippen molar-refractivity contribution in [2.24, 2.45) is 0 Å². The highest BCUT2D eigenvalue weighted by molar-refractivity contribution is 9.10. The summed E-state index contributed by atoms with van der Waals surface area (Å²) in [4.78, 5) is 11.5. The average molecular weight is 326 g/mol. The van der Waals surface area contributed by atoms with E-state index in [9.17, 15) is 4.79 Å². The highest BCUT2D eigenvalue weighted by Crippen LogP contribution is 2.22. The lowest BCUT2D eigenvalue weighted by Gasteiger charge is -2.08. The van der Waals surface area contributed by atoms with Gasteiger partial charge in [0.1, 0.15) is 0 Å². The zero-order chi connectivity index (χ0) is 13.0. The standard InChI is InChI=1S/C13H12BrNO2S/c1-17-13(16)11-6-10(2-3-12(11)14)15-7-9-4-5-18-8-9/h2-6,8,15H,7H2,1H3. The first-order valence-electron chi connectivity index (χ1n) is 5.33. The van der Waals surface area contributed by atoms with Gasteiger partial charge in [0.05, 0.1) is 12.7 Å². The molecule has 0 fully saturated rings. The molecule has 0 unspecified atom stereocenters. The molecule has 0 saturated heterocycles. The fraction of sp³-hybridized carbons (Fsp3) is 0.154. The summed E-state index contributed by atoms with van der Waals surface area (Å²) in [5.41, 5.74) is 2.64. The van der Waals surface area contributed by atoms with Crippen LogP contribution >= 0.6 is 27.3 Å². The molecule has 3 nitrogen and oxygen atoms in total. The van der Waals surface area contributed by atoms with Crippen molar-refractivity contribution in [2.45, 2.75) is 6.54 Å². The van der Waals surface area contributed by atoms with E-state index in [4.69, 9.17) is 4.74 Å². The molecule has 0 aliphatic carbocycles. The Morgan fingerprint density at radius 3 is 2.94 bits per heavy atom. The van der Waals surface area contributed by atoms with Gasteiger partial charge >= 0.3 is 5.97 Å². The third-order valence-electron chi connectivity index (χ3n) is 2.45. The lowest BCUT2D eigenvalue weighted by molar-refractivity contribution is 0.0600. The van der Waals surface area contributed by atoms with Crippen molar-refractivity contribution in [3.05, 3.63) is 50.6 Å². The molecule has 1 heterocycles. The van der Waals surface area contributed by atoms with E-state index in [0.29, 0.717) is 5.56 Å². The summed E-state index contributed by atoms with van der Waals surface area (Å²) in [5, 5.41) is 7.40. The normalized spacial score (nSPS) is 10.1. The molecule has 0 aliphatic rings. The van der Waals surface area contributed by atoms with Gasteiger partial charge in [-0.1, -0.05) is 0 Å². The minimum absolute atomic E-state index is 0.346. The van der Waals surface area contributed by atoms with Crippen LogP contribution in [0.4, 0.5) is 5.69 Å². The number of methoxy groups -OCH3 is 1. The van der Waals surface area contributed by atoms with Crippen molar-refractivity contribution in [3.8, 4) is 0 Å². The van der Waals surface area contributed by atoms with E-state index in [0.717, 1.165) is 16.7 Å². The van der Waals surface area contributed by atoms with Crippen LogP contribution in [0.5, 0.6) is 0 Å². The number of rotatable bonds is 4. The van der Waals surface area contributed by atoms with Crippen LogP contribution in [0.3, 0.4) is 0 Å². The number of carbonyl (C=O) groups excluding carboxylic acids is 1. The second-order valence-corrected chi connectivity index (χ2v) is 5.31. The third kappa shape index (κ3) is 3.11. The van der Waals surface area contributed by atoms with Gasteiger partial charge in [0.25, 0.3) is 0 Å². The molecule has 1 aromatic carbocycles. The van der Waals surface area contributed by atoms with Crippen molar-refractivity contribution < 1.29 is 9.53 Å². The van der Waals surface area contributed by atoms with Crippen LogP contribution in [0.2, 0.25) is 0 Å². The lowest BCUT2D eigenvalue weighted by atomic mass is 10.2. The summed E-state index contributed by atoms with van der Waals surface area (Å²) in [5.74, 6) is -0.346. The summed E-state index contributed by atoms with van der Waals surface area (Å²) >= 11 is 5.00. The maximum atomic E-state index is 11.5. The van der Waals surface area contributed by atoms with Crippen LogP contribution in [0, 0.1) is 0 Å². The smallest absolute Gasteiger partial charge is 0.339 e. The van der Waals surface area contributed by atoms with Crippen LogP contribution in [0.25, 0.3) is 0 Å². The summed E-state index contributed by atoms with van der Waals surface area (Å²) in [6.45, 7) is 0.742. The maximum Gasteiger partial charge on any atom is 0.339 e. The number of hydrogen-bond donors (Lipinski definition) is 1. The molecule has 0 aliphatic heterocycles. The van der Waals surface area contributed by atoms with Gasteiger partial charge in [-0.25, -0.2) is 4.79 Å². The summed E-state index contributed by atoms with van der Waals surface area (Å²) in [7, 11) is 1.38. The van der Waals surface area contributed by atoms with Gasteiger partial charge in [0.15, 0.2) is 0 Å². The van der Waals surface area contributed by atoms with Crippen LogP contribution < -0.4 is 5.32 Å². The lowest BCUT2D eigenvalue weighted by Crippen LogP contribution is -2.04. The molecule has 1 N–H and O–H groups in total. The fourth-order valence-electron chi connectivity index (χ4n) is 1.50. The Hall–Kier alpha value is -1.33. The van der Waals surface area contributed by atoms with Crippen molar-refractivity contribution >= 4 is 38.9 Å². The Balaban J connectivity index is 2.12. The second-order valence-electron chi connectivity index (χ2n) is 3.67. The first kappa shape index (κ1) is 13.1. The molecule has 0 spiro atoms. The molecule has 94 valence electrons. The zero-order valence-corrected chi connectivity index (χ0v) is 12.2. The minimum Gasteiger partial charge on any atom is -0.465 e. The Morgan fingerprint density at radius 2 is 2.28 bits per heavy atom. The first-order chi connectivity index (χ1) is 8.70. The van der Waals surface area contributed by atoms with Gasteiger partial charge in [-0.2, -0.15) is 11.3 Å². The van der Waals surface area contributed by atoms with Crippen LogP contribution in [0.1, 0.15) is 15.9 Å². The van der Waals surface area contributed by atoms with Crippen molar-refractivity contribution in [1.82, 2.24) is 0 Å². The van der Waals surface area contributed by atoms with E-state index in [1.54, 1.807) is 17.4 Å². The topological polar surface area (TPSA) is 38.3 Å². The van der Waals surface area contributed by atoms with Gasteiger partial charge < -0.3 is 10.1 Å². The largest absolute Gasteiger partial charge is 0.465 e. The predicted octanol–water partition coefficient (Wildman–Crippen LogP) is 3.91. The molecular weight excluding hydrogens is 314 g/mol. The number of nitrogens with one attached hydrogen (secondary N) is 1. The molecule has 0 saturated carbocycles. The number of carbonyl (C=O) groups is 1. The molecule has 2 rings (SSSR count). The first-order valence-corrected chi connectivity index (χ1v) is 7.07. The van der Waals surface area contributed by atoms with Gasteiger partial charge in [-0.05, 0) is 56.5 Å². The molecular formula is C13H12BrNO2S. The van der Waals surface area contributed by atoms with Crippen LogP contribution in [-0.4, -0.2) is 13.1 Å². The number of ether oxygens (including phenoxy) is 1. The van der Waals surface area contributed by atoms with Crippen molar-refractivity contribution in [3.63, 3.8) is 0 Å². The number of esters is 1. The summed E-state index contributed by atoms with van der Waals surface area (Å²) in [6.07, 6.45) is 0. The quantitative estimate of drug-likeness (QED) is 0.866. The Morgan fingerprint density at radius 1 is 1.44 bits per heavy atom. The van der Waals surface area contributed by atoms with Gasteiger partial charge in [-0.3, -0.25) is 0 Å². The molecule has 18 heavy (non-hydrogen) atoms. The Bertz CT molecular complexity index is 540. The number of benzene rings is 1. The summed E-state index contributed by atoms with van der Waals surface area (Å²) in [6, 6.07) is 7.60. The SMILES string of the molecule is COC(=O)c1cc(NCc2ccsc2)ccc1Br. The molecule has 0 bridgehead atoms. The molecule has 0 atom stereocenters. The predicted molar refractivity (Wildman–Crippen MR) is 77.1 cm³/mol. The number of thiophene rings is 1. The van der Waals surface area contributed by atoms with E-state index in [1.807, 2.05) is 17.5 Å². The monoisotopic (exact) mass is 325 g/mol. The molecule has 0 amide bonds. The van der Waals surface area contributed by atoms with E-state index in [1.165, 1.54) is 12.7 Å². The minimum atomic E-state index is -0.346. The van der Waals surface area contributed by atoms with Crippen molar-refractivity contribution in [1.29, 1.82) is 0 Å². The molecule has 5 heteroatoms. The highest BCUT2D eigenvalue weighted by Gasteiger charge is 2.10. The second kappa shape index (κ2) is 6.02. The van der Waals surface area contributed by atoms with Gasteiger partial charge in [0.2, 0.25) is 0 Å². The molecule has 1 aromatic heterocycles. The average Bonchev–Trinajstić information content (AvgIpc) is 2.90. The van der Waals surface area contributed by atoms with Crippen LogP contribution in [-0.2, 0) is 11.3 Å². The van der Waals surface area contributed by atoms with Crippen LogP contribution in [0.15, 0.2) is 39.5 Å². The fourth-order valence-corrected chi connectivity index (χ4v) is 2.58. The Kier molecular flexibility index (Phi) is 4.38. The van der Waals surface area contributed by atoms with Gasteiger partial charge in [-0.15, -0.1) is 0 Å². The third-order valence-corrected chi connectivity index (χ3v) is 3.87.